The molecule has 7 heteroatoms. The summed E-state index contributed by atoms with van der Waals surface area (Å²) in [6, 6.07) is 14.6. The van der Waals surface area contributed by atoms with E-state index in [1.165, 1.54) is 0 Å². The lowest BCUT2D eigenvalue weighted by Gasteiger charge is -2.30. The SMILES string of the molecule is O=C(Nc1cc(-c2ccnc(N3CCC(O)CC3)c2)ccn1)c1ccccc1Cl. The molecule has 1 amide bonds. The smallest absolute Gasteiger partial charge is 0.258 e. The van der Waals surface area contributed by atoms with Crippen molar-refractivity contribution in [2.75, 3.05) is 23.3 Å². The van der Waals surface area contributed by atoms with E-state index in [0.29, 0.717) is 16.4 Å². The maximum atomic E-state index is 12.5. The van der Waals surface area contributed by atoms with Gasteiger partial charge in [0.1, 0.15) is 11.6 Å². The van der Waals surface area contributed by atoms with Gasteiger partial charge in [-0.25, -0.2) is 9.97 Å². The summed E-state index contributed by atoms with van der Waals surface area (Å²) in [5.74, 6) is 1.03. The zero-order chi connectivity index (χ0) is 20.2. The molecule has 29 heavy (non-hydrogen) atoms. The minimum atomic E-state index is -0.303. The average molecular weight is 409 g/mol. The summed E-state index contributed by atoms with van der Waals surface area (Å²) in [6.07, 6.45) is 4.71. The molecule has 0 atom stereocenters. The van der Waals surface area contributed by atoms with Gasteiger partial charge in [-0.1, -0.05) is 23.7 Å². The number of carbonyl (C=O) groups is 1. The fourth-order valence-electron chi connectivity index (χ4n) is 3.37. The molecule has 3 heterocycles. The van der Waals surface area contributed by atoms with Gasteiger partial charge in [0.25, 0.3) is 5.91 Å². The summed E-state index contributed by atoms with van der Waals surface area (Å²) in [7, 11) is 0. The molecule has 4 rings (SSSR count). The lowest BCUT2D eigenvalue weighted by molar-refractivity contribution is 0.102. The molecule has 1 saturated heterocycles. The molecule has 1 fully saturated rings. The molecule has 6 nitrogen and oxygen atoms in total. The van der Waals surface area contributed by atoms with E-state index in [1.54, 1.807) is 36.7 Å². The van der Waals surface area contributed by atoms with Crippen molar-refractivity contribution < 1.29 is 9.90 Å². The number of anilines is 2. The van der Waals surface area contributed by atoms with Gasteiger partial charge in [-0.15, -0.1) is 0 Å². The molecule has 0 bridgehead atoms. The number of benzene rings is 1. The Hall–Kier alpha value is -2.96. The van der Waals surface area contributed by atoms with Gasteiger partial charge in [0, 0.05) is 25.5 Å². The Morgan fingerprint density at radius 3 is 2.48 bits per heavy atom. The molecule has 0 radical (unpaired) electrons. The van der Waals surface area contributed by atoms with E-state index in [1.807, 2.05) is 24.3 Å². The topological polar surface area (TPSA) is 78.4 Å². The van der Waals surface area contributed by atoms with Crippen molar-refractivity contribution in [1.82, 2.24) is 9.97 Å². The second-order valence-corrected chi connectivity index (χ2v) is 7.39. The summed E-state index contributed by atoms with van der Waals surface area (Å²) in [4.78, 5) is 23.4. The van der Waals surface area contributed by atoms with Gasteiger partial charge < -0.3 is 15.3 Å². The second-order valence-electron chi connectivity index (χ2n) is 6.98. The van der Waals surface area contributed by atoms with Crippen LogP contribution in [0.3, 0.4) is 0 Å². The van der Waals surface area contributed by atoms with Crippen LogP contribution in [0.1, 0.15) is 23.2 Å². The van der Waals surface area contributed by atoms with E-state index in [-0.39, 0.29) is 12.0 Å². The summed E-state index contributed by atoms with van der Waals surface area (Å²) in [5, 5.41) is 12.9. The molecular weight excluding hydrogens is 388 g/mol. The molecular formula is C22H21ClN4O2. The van der Waals surface area contributed by atoms with E-state index < -0.39 is 0 Å². The Bertz CT molecular complexity index is 1020. The molecule has 3 aromatic rings. The van der Waals surface area contributed by atoms with Crippen molar-refractivity contribution in [3.8, 4) is 11.1 Å². The Morgan fingerprint density at radius 2 is 1.72 bits per heavy atom. The van der Waals surface area contributed by atoms with Crippen LogP contribution in [-0.2, 0) is 0 Å². The predicted molar refractivity (Wildman–Crippen MR) is 114 cm³/mol. The number of carbonyl (C=O) groups excluding carboxylic acids is 1. The van der Waals surface area contributed by atoms with Gasteiger partial charge in [-0.2, -0.15) is 0 Å². The highest BCUT2D eigenvalue weighted by Gasteiger charge is 2.18. The Morgan fingerprint density at radius 1 is 1.03 bits per heavy atom. The third-order valence-corrected chi connectivity index (χ3v) is 5.32. The normalized spacial score (nSPS) is 14.6. The quantitative estimate of drug-likeness (QED) is 0.682. The number of hydrogen-bond donors (Lipinski definition) is 2. The Kier molecular flexibility index (Phi) is 5.74. The zero-order valence-electron chi connectivity index (χ0n) is 15.8. The molecule has 148 valence electrons. The number of aliphatic hydroxyl groups is 1. The standard InChI is InChI=1S/C22H21ClN4O2/c23-19-4-2-1-3-18(19)22(29)26-20-13-15(5-9-24-20)16-6-10-25-21(14-16)27-11-7-17(28)8-12-27/h1-6,9-10,13-14,17,28H,7-8,11-12H2,(H,24,26,29). The molecule has 2 aromatic heterocycles. The monoisotopic (exact) mass is 408 g/mol. The van der Waals surface area contributed by atoms with Gasteiger partial charge >= 0.3 is 0 Å². The van der Waals surface area contributed by atoms with Gasteiger partial charge in [0.05, 0.1) is 16.7 Å². The average Bonchev–Trinajstić information content (AvgIpc) is 2.75. The molecule has 0 unspecified atom stereocenters. The van der Waals surface area contributed by atoms with Crippen LogP contribution in [0.15, 0.2) is 60.9 Å². The number of nitrogens with one attached hydrogen (secondary N) is 1. The zero-order valence-corrected chi connectivity index (χ0v) is 16.5. The number of aromatic nitrogens is 2. The van der Waals surface area contributed by atoms with Crippen molar-refractivity contribution in [1.29, 1.82) is 0 Å². The van der Waals surface area contributed by atoms with Gasteiger partial charge in [-0.05, 0) is 60.4 Å². The van der Waals surface area contributed by atoms with Crippen LogP contribution in [0.2, 0.25) is 5.02 Å². The highest BCUT2D eigenvalue weighted by molar-refractivity contribution is 6.34. The number of pyridine rings is 2. The summed E-state index contributed by atoms with van der Waals surface area (Å²) >= 11 is 6.10. The van der Waals surface area contributed by atoms with Crippen LogP contribution in [-0.4, -0.2) is 40.2 Å². The van der Waals surface area contributed by atoms with Crippen molar-refractivity contribution in [3.05, 3.63) is 71.5 Å². The molecule has 1 aliphatic heterocycles. The first-order chi connectivity index (χ1) is 14.1. The summed E-state index contributed by atoms with van der Waals surface area (Å²) in [5.41, 5.74) is 2.31. The van der Waals surface area contributed by atoms with E-state index in [9.17, 15) is 9.90 Å². The van der Waals surface area contributed by atoms with Crippen LogP contribution in [0, 0.1) is 0 Å². The third-order valence-electron chi connectivity index (χ3n) is 4.99. The summed E-state index contributed by atoms with van der Waals surface area (Å²) in [6.45, 7) is 1.57. The predicted octanol–water partition coefficient (Wildman–Crippen LogP) is 4.01. The maximum Gasteiger partial charge on any atom is 0.258 e. The lowest BCUT2D eigenvalue weighted by Crippen LogP contribution is -2.36. The van der Waals surface area contributed by atoms with Crippen molar-refractivity contribution >= 4 is 29.1 Å². The number of aliphatic hydroxyl groups excluding tert-OH is 1. The first-order valence-electron chi connectivity index (χ1n) is 9.51. The van der Waals surface area contributed by atoms with E-state index in [2.05, 4.69) is 20.2 Å². The maximum absolute atomic E-state index is 12.5. The van der Waals surface area contributed by atoms with Gasteiger partial charge in [0.15, 0.2) is 0 Å². The second kappa shape index (κ2) is 8.59. The number of hydrogen-bond acceptors (Lipinski definition) is 5. The molecule has 0 saturated carbocycles. The van der Waals surface area contributed by atoms with Crippen LogP contribution in [0.25, 0.3) is 11.1 Å². The number of amides is 1. The van der Waals surface area contributed by atoms with Crippen LogP contribution < -0.4 is 10.2 Å². The van der Waals surface area contributed by atoms with E-state index >= 15 is 0 Å². The highest BCUT2D eigenvalue weighted by Crippen LogP contribution is 2.26. The number of piperidine rings is 1. The largest absolute Gasteiger partial charge is 0.393 e. The Balaban J connectivity index is 1.54. The first-order valence-corrected chi connectivity index (χ1v) is 9.89. The Labute approximate surface area is 174 Å². The minimum absolute atomic E-state index is 0.223. The number of nitrogens with zero attached hydrogens (tertiary/aromatic N) is 3. The van der Waals surface area contributed by atoms with Crippen LogP contribution in [0.5, 0.6) is 0 Å². The third kappa shape index (κ3) is 4.55. The number of halogens is 1. The van der Waals surface area contributed by atoms with Crippen molar-refractivity contribution in [2.24, 2.45) is 0 Å². The molecule has 0 spiro atoms. The minimum Gasteiger partial charge on any atom is -0.393 e. The van der Waals surface area contributed by atoms with Crippen LogP contribution >= 0.6 is 11.6 Å². The van der Waals surface area contributed by atoms with Crippen molar-refractivity contribution in [2.45, 2.75) is 18.9 Å². The fourth-order valence-corrected chi connectivity index (χ4v) is 3.59. The lowest BCUT2D eigenvalue weighted by atomic mass is 10.1. The summed E-state index contributed by atoms with van der Waals surface area (Å²) < 4.78 is 0. The number of rotatable bonds is 4. The van der Waals surface area contributed by atoms with Crippen molar-refractivity contribution in [3.63, 3.8) is 0 Å². The highest BCUT2D eigenvalue weighted by atomic mass is 35.5. The van der Waals surface area contributed by atoms with Gasteiger partial charge in [-0.3, -0.25) is 4.79 Å². The van der Waals surface area contributed by atoms with Gasteiger partial charge in [0.2, 0.25) is 0 Å². The molecule has 2 N–H and O–H groups in total. The molecule has 0 aliphatic carbocycles. The molecule has 1 aliphatic rings. The molecule has 1 aromatic carbocycles. The first kappa shape index (κ1) is 19.4. The fraction of sp³-hybridized carbons (Fsp3) is 0.227. The van der Waals surface area contributed by atoms with Crippen LogP contribution in [0.4, 0.5) is 11.6 Å². The van der Waals surface area contributed by atoms with E-state index in [0.717, 1.165) is 42.9 Å². The van der Waals surface area contributed by atoms with E-state index in [4.69, 9.17) is 11.6 Å².